The predicted octanol–water partition coefficient (Wildman–Crippen LogP) is 1.15. The van der Waals surface area contributed by atoms with E-state index in [2.05, 4.69) is 10.5 Å². The summed E-state index contributed by atoms with van der Waals surface area (Å²) in [5.74, 6) is 0.621. The molecule has 5 N–H and O–H groups in total. The second kappa shape index (κ2) is 6.30. The standard InChI is InChI=1S/C9H12Cl2N4O/c10-7-2-1-6(5-8(7)11)16-4-3-14-15-9(12)13/h1-2,5,14H,3-4H2,(H4,12,13,15). The minimum Gasteiger partial charge on any atom is -0.492 e. The van der Waals surface area contributed by atoms with Gasteiger partial charge in [0.25, 0.3) is 0 Å². The van der Waals surface area contributed by atoms with Crippen LogP contribution in [0.25, 0.3) is 0 Å². The number of halogens is 2. The normalized spacial score (nSPS) is 9.62. The first-order valence-corrected chi connectivity index (χ1v) is 5.24. The Morgan fingerprint density at radius 2 is 2.06 bits per heavy atom. The van der Waals surface area contributed by atoms with E-state index in [0.29, 0.717) is 28.9 Å². The molecule has 0 aromatic heterocycles. The van der Waals surface area contributed by atoms with Crippen molar-refractivity contribution in [3.8, 4) is 5.75 Å². The molecule has 16 heavy (non-hydrogen) atoms. The van der Waals surface area contributed by atoms with Gasteiger partial charge in [-0.25, -0.2) is 0 Å². The fraction of sp³-hybridized carbons (Fsp3) is 0.222. The quantitative estimate of drug-likeness (QED) is 0.322. The molecular weight excluding hydrogens is 251 g/mol. The van der Waals surface area contributed by atoms with Crippen LogP contribution in [0, 0.1) is 0 Å². The van der Waals surface area contributed by atoms with E-state index in [4.69, 9.17) is 39.4 Å². The van der Waals surface area contributed by atoms with E-state index in [1.54, 1.807) is 18.2 Å². The van der Waals surface area contributed by atoms with Gasteiger partial charge in [-0.1, -0.05) is 23.2 Å². The highest BCUT2D eigenvalue weighted by molar-refractivity contribution is 6.42. The summed E-state index contributed by atoms with van der Waals surface area (Å²) in [6.07, 6.45) is 0. The number of benzene rings is 1. The third-order valence-corrected chi connectivity index (χ3v) is 2.32. The van der Waals surface area contributed by atoms with Gasteiger partial charge in [0.15, 0.2) is 0 Å². The van der Waals surface area contributed by atoms with Gasteiger partial charge in [0.1, 0.15) is 12.4 Å². The van der Waals surface area contributed by atoms with E-state index in [0.717, 1.165) is 0 Å². The second-order valence-corrected chi connectivity index (χ2v) is 3.68. The van der Waals surface area contributed by atoms with Gasteiger partial charge in [0.05, 0.1) is 16.6 Å². The predicted molar refractivity (Wildman–Crippen MR) is 65.8 cm³/mol. The molecule has 1 rings (SSSR count). The molecule has 0 saturated heterocycles. The number of ether oxygens (including phenoxy) is 1. The molecule has 0 amide bonds. The van der Waals surface area contributed by atoms with E-state index in [-0.39, 0.29) is 5.96 Å². The monoisotopic (exact) mass is 262 g/mol. The van der Waals surface area contributed by atoms with Crippen molar-refractivity contribution in [1.82, 2.24) is 5.43 Å². The fourth-order valence-electron chi connectivity index (χ4n) is 0.928. The van der Waals surface area contributed by atoms with Gasteiger partial charge in [-0.3, -0.25) is 0 Å². The van der Waals surface area contributed by atoms with Crippen molar-refractivity contribution >= 4 is 29.2 Å². The first-order chi connectivity index (χ1) is 7.59. The average molecular weight is 263 g/mol. The molecule has 7 heteroatoms. The fourth-order valence-corrected chi connectivity index (χ4v) is 1.22. The van der Waals surface area contributed by atoms with Crippen LogP contribution in [0.1, 0.15) is 0 Å². The van der Waals surface area contributed by atoms with Crippen LogP contribution in [0.3, 0.4) is 0 Å². The summed E-state index contributed by atoms with van der Waals surface area (Å²) >= 11 is 11.6. The Morgan fingerprint density at radius 1 is 1.31 bits per heavy atom. The zero-order valence-electron chi connectivity index (χ0n) is 8.41. The third-order valence-electron chi connectivity index (χ3n) is 1.58. The highest BCUT2D eigenvalue weighted by Crippen LogP contribution is 2.26. The molecule has 0 spiro atoms. The summed E-state index contributed by atoms with van der Waals surface area (Å²) in [5.41, 5.74) is 12.9. The van der Waals surface area contributed by atoms with Crippen molar-refractivity contribution in [1.29, 1.82) is 0 Å². The minimum absolute atomic E-state index is 0.0189. The Balaban J connectivity index is 2.32. The first kappa shape index (κ1) is 12.7. The Kier molecular flexibility index (Phi) is 5.01. The Hall–Kier alpha value is -1.33. The molecule has 0 bridgehead atoms. The van der Waals surface area contributed by atoms with Gasteiger partial charge in [0, 0.05) is 6.07 Å². The number of hydrogen-bond donors (Lipinski definition) is 3. The maximum absolute atomic E-state index is 5.81. The minimum atomic E-state index is -0.0189. The molecule has 0 fully saturated rings. The van der Waals surface area contributed by atoms with Crippen LogP contribution in [0.2, 0.25) is 10.0 Å². The van der Waals surface area contributed by atoms with Crippen LogP contribution in [-0.2, 0) is 0 Å². The summed E-state index contributed by atoms with van der Waals surface area (Å²) < 4.78 is 5.37. The maximum atomic E-state index is 5.81. The lowest BCUT2D eigenvalue weighted by Gasteiger charge is -2.06. The summed E-state index contributed by atoms with van der Waals surface area (Å²) in [7, 11) is 0. The van der Waals surface area contributed by atoms with Gasteiger partial charge in [-0.05, 0) is 12.1 Å². The lowest BCUT2D eigenvalue weighted by Crippen LogP contribution is -2.27. The number of hydrogen-bond acceptors (Lipinski definition) is 3. The van der Waals surface area contributed by atoms with E-state index in [1.807, 2.05) is 0 Å². The van der Waals surface area contributed by atoms with Gasteiger partial charge in [-0.2, -0.15) is 0 Å². The number of nitrogens with two attached hydrogens (primary N) is 2. The molecule has 0 saturated carbocycles. The summed E-state index contributed by atoms with van der Waals surface area (Å²) in [6, 6.07) is 5.04. The SMILES string of the molecule is NC(N)=NNCCOc1ccc(Cl)c(Cl)c1. The van der Waals surface area contributed by atoms with Crippen molar-refractivity contribution in [2.75, 3.05) is 13.2 Å². The second-order valence-electron chi connectivity index (χ2n) is 2.87. The molecule has 0 aliphatic heterocycles. The van der Waals surface area contributed by atoms with Crippen molar-refractivity contribution < 1.29 is 4.74 Å². The molecule has 5 nitrogen and oxygen atoms in total. The molecule has 0 unspecified atom stereocenters. The average Bonchev–Trinajstić information content (AvgIpc) is 2.22. The molecule has 0 aliphatic rings. The lowest BCUT2D eigenvalue weighted by molar-refractivity contribution is 0.315. The number of nitrogens with zero attached hydrogens (tertiary/aromatic N) is 1. The molecular formula is C9H12Cl2N4O. The topological polar surface area (TPSA) is 85.7 Å². The summed E-state index contributed by atoms with van der Waals surface area (Å²) in [6.45, 7) is 0.896. The zero-order chi connectivity index (χ0) is 12.0. The first-order valence-electron chi connectivity index (χ1n) is 4.49. The van der Waals surface area contributed by atoms with Crippen LogP contribution in [0.5, 0.6) is 5.75 Å². The summed E-state index contributed by atoms with van der Waals surface area (Å²) in [4.78, 5) is 0. The molecule has 0 aliphatic carbocycles. The summed E-state index contributed by atoms with van der Waals surface area (Å²) in [5, 5.41) is 4.53. The van der Waals surface area contributed by atoms with E-state index >= 15 is 0 Å². The van der Waals surface area contributed by atoms with Gasteiger partial charge >= 0.3 is 0 Å². The maximum Gasteiger partial charge on any atom is 0.208 e. The molecule has 0 radical (unpaired) electrons. The highest BCUT2D eigenvalue weighted by atomic mass is 35.5. The Labute approximate surface area is 103 Å². The van der Waals surface area contributed by atoms with Gasteiger partial charge in [-0.15, -0.1) is 5.10 Å². The molecule has 1 aromatic rings. The Morgan fingerprint density at radius 3 is 2.69 bits per heavy atom. The van der Waals surface area contributed by atoms with E-state index in [9.17, 15) is 0 Å². The molecule has 1 aromatic carbocycles. The van der Waals surface area contributed by atoms with Crippen molar-refractivity contribution in [2.24, 2.45) is 16.6 Å². The number of guanidine groups is 1. The van der Waals surface area contributed by atoms with Crippen LogP contribution in [-0.4, -0.2) is 19.1 Å². The smallest absolute Gasteiger partial charge is 0.208 e. The Bertz CT molecular complexity index is 380. The third kappa shape index (κ3) is 4.46. The number of nitrogens with one attached hydrogen (secondary N) is 1. The lowest BCUT2D eigenvalue weighted by atomic mass is 10.3. The van der Waals surface area contributed by atoms with E-state index < -0.39 is 0 Å². The molecule has 0 atom stereocenters. The van der Waals surface area contributed by atoms with Crippen LogP contribution >= 0.6 is 23.2 Å². The van der Waals surface area contributed by atoms with Crippen molar-refractivity contribution in [3.63, 3.8) is 0 Å². The van der Waals surface area contributed by atoms with Gasteiger partial charge < -0.3 is 21.6 Å². The van der Waals surface area contributed by atoms with Gasteiger partial charge in [0.2, 0.25) is 5.96 Å². The zero-order valence-corrected chi connectivity index (χ0v) is 9.92. The number of rotatable bonds is 5. The molecule has 88 valence electrons. The van der Waals surface area contributed by atoms with Crippen LogP contribution < -0.4 is 21.6 Å². The number of hydrazone groups is 1. The highest BCUT2D eigenvalue weighted by Gasteiger charge is 1.99. The van der Waals surface area contributed by atoms with Crippen molar-refractivity contribution in [3.05, 3.63) is 28.2 Å². The van der Waals surface area contributed by atoms with Crippen LogP contribution in [0.15, 0.2) is 23.3 Å². The molecule has 0 heterocycles. The van der Waals surface area contributed by atoms with Crippen LogP contribution in [0.4, 0.5) is 0 Å². The van der Waals surface area contributed by atoms with E-state index in [1.165, 1.54) is 0 Å². The largest absolute Gasteiger partial charge is 0.492 e. The van der Waals surface area contributed by atoms with Crippen molar-refractivity contribution in [2.45, 2.75) is 0 Å².